The maximum Gasteiger partial charge on any atom is 0.163 e. The Morgan fingerprint density at radius 3 is 2.76 bits per heavy atom. The van der Waals surface area contributed by atoms with Gasteiger partial charge in [0.25, 0.3) is 0 Å². The second kappa shape index (κ2) is 7.74. The first kappa shape index (κ1) is 18.5. The molecule has 0 bridgehead atoms. The van der Waals surface area contributed by atoms with E-state index in [1.165, 1.54) is 15.3 Å². The molecule has 5 rings (SSSR count). The lowest BCUT2D eigenvalue weighted by Crippen LogP contribution is -2.46. The molecule has 0 spiro atoms. The van der Waals surface area contributed by atoms with Gasteiger partial charge in [-0.3, -0.25) is 9.58 Å². The molecule has 4 aromatic rings. The van der Waals surface area contributed by atoms with Gasteiger partial charge in [0.2, 0.25) is 0 Å². The number of thiophene rings is 1. The Morgan fingerprint density at radius 1 is 1.07 bits per heavy atom. The van der Waals surface area contributed by atoms with Gasteiger partial charge in [-0.2, -0.15) is 5.10 Å². The van der Waals surface area contributed by atoms with Crippen molar-refractivity contribution >= 4 is 39.8 Å². The normalized spacial score (nSPS) is 15.3. The fourth-order valence-electron chi connectivity index (χ4n) is 3.80. The smallest absolute Gasteiger partial charge is 0.163 e. The molecule has 29 heavy (non-hydrogen) atoms. The highest BCUT2D eigenvalue weighted by atomic mass is 35.5. The molecule has 1 aliphatic rings. The molecule has 0 aliphatic carbocycles. The molecule has 3 aromatic heterocycles. The summed E-state index contributed by atoms with van der Waals surface area (Å²) in [7, 11) is 1.91. The van der Waals surface area contributed by atoms with Crippen LogP contribution in [-0.4, -0.2) is 50.8 Å². The van der Waals surface area contributed by atoms with Crippen LogP contribution in [0.4, 0.5) is 5.82 Å². The van der Waals surface area contributed by atoms with Gasteiger partial charge in [0.1, 0.15) is 12.1 Å². The van der Waals surface area contributed by atoms with Crippen molar-refractivity contribution in [2.24, 2.45) is 7.05 Å². The second-order valence-corrected chi connectivity index (χ2v) is 8.85. The zero-order chi connectivity index (χ0) is 19.8. The van der Waals surface area contributed by atoms with Gasteiger partial charge in [0.15, 0.2) is 5.65 Å². The van der Waals surface area contributed by atoms with Crippen LogP contribution in [-0.2, 0) is 13.6 Å². The number of halogens is 1. The number of rotatable bonds is 4. The number of aromatic nitrogens is 4. The topological polar surface area (TPSA) is 50.1 Å². The van der Waals surface area contributed by atoms with Crippen LogP contribution in [0.15, 0.2) is 48.9 Å². The van der Waals surface area contributed by atoms with Crippen LogP contribution in [0.1, 0.15) is 4.88 Å². The van der Waals surface area contributed by atoms with E-state index < -0.39 is 0 Å². The minimum atomic E-state index is 0.779. The van der Waals surface area contributed by atoms with Crippen LogP contribution in [0.25, 0.3) is 21.5 Å². The summed E-state index contributed by atoms with van der Waals surface area (Å²) >= 11 is 7.98. The standard InChI is InChI=1S/C21H21ClN6S/c1-26-20-18(12-25-26)21(24-14-23-20)28-9-7-27(8-10-28)13-17-5-6-19(29-17)15-3-2-4-16(22)11-15/h2-6,11-12,14H,7-10,13H2,1H3. The highest BCUT2D eigenvalue weighted by Crippen LogP contribution is 2.31. The lowest BCUT2D eigenvalue weighted by Gasteiger charge is -2.35. The van der Waals surface area contributed by atoms with Crippen molar-refractivity contribution in [2.45, 2.75) is 6.54 Å². The number of anilines is 1. The van der Waals surface area contributed by atoms with Gasteiger partial charge in [-0.1, -0.05) is 23.7 Å². The maximum atomic E-state index is 6.14. The summed E-state index contributed by atoms with van der Waals surface area (Å²) in [6.45, 7) is 4.90. The van der Waals surface area contributed by atoms with E-state index in [-0.39, 0.29) is 0 Å². The maximum absolute atomic E-state index is 6.14. The molecule has 1 aliphatic heterocycles. The first-order valence-corrected chi connectivity index (χ1v) is 10.8. The molecule has 0 amide bonds. The van der Waals surface area contributed by atoms with E-state index in [1.54, 1.807) is 11.0 Å². The van der Waals surface area contributed by atoms with E-state index in [0.717, 1.165) is 54.6 Å². The van der Waals surface area contributed by atoms with E-state index in [2.05, 4.69) is 43.1 Å². The van der Waals surface area contributed by atoms with Crippen LogP contribution in [0.3, 0.4) is 0 Å². The summed E-state index contributed by atoms with van der Waals surface area (Å²) in [6, 6.07) is 12.5. The van der Waals surface area contributed by atoms with Crippen LogP contribution < -0.4 is 4.90 Å². The molecule has 8 heteroatoms. The van der Waals surface area contributed by atoms with Gasteiger partial charge in [-0.05, 0) is 29.8 Å². The minimum absolute atomic E-state index is 0.779. The molecule has 0 radical (unpaired) electrons. The number of aryl methyl sites for hydroxylation is 1. The molecule has 0 atom stereocenters. The Labute approximate surface area is 178 Å². The number of hydrogen-bond donors (Lipinski definition) is 0. The average molecular weight is 425 g/mol. The molecular formula is C21H21ClN6S. The van der Waals surface area contributed by atoms with Gasteiger partial charge in [-0.25, -0.2) is 9.97 Å². The summed E-state index contributed by atoms with van der Waals surface area (Å²) in [5, 5.41) is 6.12. The summed E-state index contributed by atoms with van der Waals surface area (Å²) in [6.07, 6.45) is 3.49. The monoisotopic (exact) mass is 424 g/mol. The fourth-order valence-corrected chi connectivity index (χ4v) is 5.04. The third kappa shape index (κ3) is 3.73. The van der Waals surface area contributed by atoms with Crippen molar-refractivity contribution in [1.29, 1.82) is 0 Å². The van der Waals surface area contributed by atoms with Crippen LogP contribution in [0.2, 0.25) is 5.02 Å². The van der Waals surface area contributed by atoms with Crippen LogP contribution in [0.5, 0.6) is 0 Å². The number of piperazine rings is 1. The van der Waals surface area contributed by atoms with Crippen LogP contribution in [0, 0.1) is 0 Å². The molecular weight excluding hydrogens is 404 g/mol. The van der Waals surface area contributed by atoms with E-state index in [1.807, 2.05) is 42.8 Å². The van der Waals surface area contributed by atoms with Gasteiger partial charge < -0.3 is 4.90 Å². The highest BCUT2D eigenvalue weighted by Gasteiger charge is 2.21. The second-order valence-electron chi connectivity index (χ2n) is 7.24. The third-order valence-corrected chi connectivity index (χ3v) is 6.68. The summed E-state index contributed by atoms with van der Waals surface area (Å²) in [5.74, 6) is 0.988. The number of nitrogens with zero attached hydrogens (tertiary/aromatic N) is 6. The third-order valence-electron chi connectivity index (χ3n) is 5.33. The molecule has 6 nitrogen and oxygen atoms in total. The fraction of sp³-hybridized carbons (Fsp3) is 0.286. The number of hydrogen-bond acceptors (Lipinski definition) is 6. The van der Waals surface area contributed by atoms with E-state index in [0.29, 0.717) is 0 Å². The highest BCUT2D eigenvalue weighted by molar-refractivity contribution is 7.15. The molecule has 0 unspecified atom stereocenters. The molecule has 1 aromatic carbocycles. The Hall–Kier alpha value is -2.48. The Morgan fingerprint density at radius 2 is 1.93 bits per heavy atom. The molecule has 0 saturated carbocycles. The van der Waals surface area contributed by atoms with Crippen molar-refractivity contribution in [1.82, 2.24) is 24.6 Å². The van der Waals surface area contributed by atoms with Crippen LogP contribution >= 0.6 is 22.9 Å². The lowest BCUT2D eigenvalue weighted by molar-refractivity contribution is 0.251. The Bertz CT molecular complexity index is 1150. The van der Waals surface area contributed by atoms with Gasteiger partial charge in [0, 0.05) is 54.5 Å². The van der Waals surface area contributed by atoms with Crippen molar-refractivity contribution < 1.29 is 0 Å². The van der Waals surface area contributed by atoms with E-state index in [4.69, 9.17) is 11.6 Å². The van der Waals surface area contributed by atoms with Crippen molar-refractivity contribution in [3.63, 3.8) is 0 Å². The van der Waals surface area contributed by atoms with Crippen molar-refractivity contribution in [3.8, 4) is 10.4 Å². The SMILES string of the molecule is Cn1ncc2c(N3CCN(Cc4ccc(-c5cccc(Cl)c5)s4)CC3)ncnc21. The molecule has 4 heterocycles. The largest absolute Gasteiger partial charge is 0.353 e. The Balaban J connectivity index is 1.25. The first-order chi connectivity index (χ1) is 14.2. The molecule has 148 valence electrons. The van der Waals surface area contributed by atoms with Gasteiger partial charge >= 0.3 is 0 Å². The number of fused-ring (bicyclic) bond motifs is 1. The zero-order valence-corrected chi connectivity index (χ0v) is 17.7. The van der Waals surface area contributed by atoms with Crippen molar-refractivity contribution in [2.75, 3.05) is 31.1 Å². The zero-order valence-electron chi connectivity index (χ0n) is 16.1. The number of benzene rings is 1. The molecule has 0 N–H and O–H groups in total. The quantitative estimate of drug-likeness (QED) is 0.494. The lowest BCUT2D eigenvalue weighted by atomic mass is 10.2. The average Bonchev–Trinajstić information content (AvgIpc) is 3.36. The van der Waals surface area contributed by atoms with E-state index in [9.17, 15) is 0 Å². The molecule has 1 saturated heterocycles. The van der Waals surface area contributed by atoms with Gasteiger partial charge in [0.05, 0.1) is 11.6 Å². The first-order valence-electron chi connectivity index (χ1n) is 9.62. The Kier molecular flexibility index (Phi) is 4.95. The predicted molar refractivity (Wildman–Crippen MR) is 119 cm³/mol. The predicted octanol–water partition coefficient (Wildman–Crippen LogP) is 4.07. The van der Waals surface area contributed by atoms with Gasteiger partial charge in [-0.15, -0.1) is 11.3 Å². The summed E-state index contributed by atoms with van der Waals surface area (Å²) in [5.41, 5.74) is 2.06. The van der Waals surface area contributed by atoms with Crippen molar-refractivity contribution in [3.05, 3.63) is 58.8 Å². The minimum Gasteiger partial charge on any atom is -0.353 e. The molecule has 1 fully saturated rings. The van der Waals surface area contributed by atoms with E-state index >= 15 is 0 Å². The summed E-state index contributed by atoms with van der Waals surface area (Å²) < 4.78 is 1.80. The summed E-state index contributed by atoms with van der Waals surface area (Å²) in [4.78, 5) is 16.4.